The van der Waals surface area contributed by atoms with Crippen LogP contribution in [-0.2, 0) is 19.1 Å². The Balaban J connectivity index is 1.45. The SMILES string of the molecule is O=C1OC(=O)C2=C1[C@@H]1[C@H]3[C@@H]4[C@H]5COC[C@H]5[C@@H]5[C@H]3[C@H]2[C@H]2[C@H]1[C@H]4[C@H]52. The third-order valence-electron chi connectivity index (χ3n) is 9.40. The van der Waals surface area contributed by atoms with Crippen molar-refractivity contribution in [2.24, 2.45) is 71.0 Å². The Kier molecular flexibility index (Phi) is 1.31. The molecule has 7 aliphatic carbocycles. The summed E-state index contributed by atoms with van der Waals surface area (Å²) in [5.41, 5.74) is 1.67. The summed E-state index contributed by atoms with van der Waals surface area (Å²) >= 11 is 0. The van der Waals surface area contributed by atoms with Crippen LogP contribution in [0.3, 0.4) is 0 Å². The Morgan fingerprint density at radius 3 is 1.59 bits per heavy atom. The van der Waals surface area contributed by atoms with Crippen LogP contribution in [0.5, 0.6) is 0 Å². The Labute approximate surface area is 127 Å². The molecule has 4 heteroatoms. The first-order valence-electron chi connectivity index (χ1n) is 8.87. The van der Waals surface area contributed by atoms with Crippen molar-refractivity contribution in [2.45, 2.75) is 0 Å². The molecule has 9 rings (SSSR count). The van der Waals surface area contributed by atoms with Gasteiger partial charge in [0.15, 0.2) is 0 Å². The lowest BCUT2D eigenvalue weighted by molar-refractivity contribution is -0.151. The second-order valence-electron chi connectivity index (χ2n) is 9.04. The summed E-state index contributed by atoms with van der Waals surface area (Å²) < 4.78 is 10.9. The maximum atomic E-state index is 12.3. The molecule has 4 nitrogen and oxygen atoms in total. The third kappa shape index (κ3) is 0.696. The average Bonchev–Trinajstić information content (AvgIpc) is 3.15. The summed E-state index contributed by atoms with van der Waals surface area (Å²) in [6.07, 6.45) is 0. The van der Waals surface area contributed by atoms with Gasteiger partial charge in [0.2, 0.25) is 0 Å². The summed E-state index contributed by atoms with van der Waals surface area (Å²) in [7, 11) is 0. The van der Waals surface area contributed by atoms with Crippen LogP contribution in [0, 0.1) is 71.0 Å². The number of hydrogen-bond acceptors (Lipinski definition) is 4. The monoisotopic (exact) mass is 296 g/mol. The smallest absolute Gasteiger partial charge is 0.342 e. The largest absolute Gasteiger partial charge is 0.386 e. The van der Waals surface area contributed by atoms with Gasteiger partial charge in [0.05, 0.1) is 24.4 Å². The maximum Gasteiger partial charge on any atom is 0.342 e. The minimum absolute atomic E-state index is 0.294. The summed E-state index contributed by atoms with van der Waals surface area (Å²) in [6.45, 7) is 1.89. The van der Waals surface area contributed by atoms with E-state index in [4.69, 9.17) is 9.47 Å². The van der Waals surface area contributed by atoms with E-state index in [0.29, 0.717) is 35.5 Å². The number of cyclic esters (lactones) is 2. The molecule has 4 bridgehead atoms. The van der Waals surface area contributed by atoms with Crippen LogP contribution in [0.25, 0.3) is 0 Å². The molecular formula is C18H16O4. The van der Waals surface area contributed by atoms with Crippen LogP contribution in [0.1, 0.15) is 0 Å². The van der Waals surface area contributed by atoms with Gasteiger partial charge in [0, 0.05) is 0 Å². The lowest BCUT2D eigenvalue weighted by Crippen LogP contribution is -2.57. The van der Waals surface area contributed by atoms with Gasteiger partial charge in [0.1, 0.15) is 0 Å². The Bertz CT molecular complexity index is 692. The van der Waals surface area contributed by atoms with Crippen LogP contribution in [0.2, 0.25) is 0 Å². The molecule has 0 amide bonds. The number of ether oxygens (including phenoxy) is 2. The molecule has 5 saturated carbocycles. The molecule has 12 atom stereocenters. The molecular weight excluding hydrogens is 280 g/mol. The first-order valence-corrected chi connectivity index (χ1v) is 8.87. The van der Waals surface area contributed by atoms with Crippen LogP contribution in [0.15, 0.2) is 11.1 Å². The van der Waals surface area contributed by atoms with Crippen LogP contribution in [-0.4, -0.2) is 25.2 Å². The van der Waals surface area contributed by atoms with Crippen molar-refractivity contribution in [3.8, 4) is 0 Å². The van der Waals surface area contributed by atoms with Gasteiger partial charge in [-0.15, -0.1) is 0 Å². The summed E-state index contributed by atoms with van der Waals surface area (Å²) in [6, 6.07) is 0. The predicted molar refractivity (Wildman–Crippen MR) is 70.8 cm³/mol. The van der Waals surface area contributed by atoms with Gasteiger partial charge in [-0.05, 0) is 71.0 Å². The van der Waals surface area contributed by atoms with E-state index in [0.717, 1.165) is 59.9 Å². The highest BCUT2D eigenvalue weighted by Crippen LogP contribution is 2.89. The van der Waals surface area contributed by atoms with Crippen molar-refractivity contribution in [1.29, 1.82) is 0 Å². The molecule has 2 aliphatic heterocycles. The first kappa shape index (κ1) is 10.6. The predicted octanol–water partition coefficient (Wildman–Crippen LogP) is 0.873. The van der Waals surface area contributed by atoms with E-state index in [-0.39, 0.29) is 11.9 Å². The van der Waals surface area contributed by atoms with E-state index < -0.39 is 0 Å². The van der Waals surface area contributed by atoms with Crippen LogP contribution >= 0.6 is 0 Å². The Morgan fingerprint density at radius 2 is 1.09 bits per heavy atom. The van der Waals surface area contributed by atoms with Gasteiger partial charge in [-0.25, -0.2) is 9.59 Å². The normalized spacial score (nSPS) is 69.6. The molecule has 112 valence electrons. The molecule has 0 radical (unpaired) electrons. The second-order valence-corrected chi connectivity index (χ2v) is 9.04. The van der Waals surface area contributed by atoms with E-state index in [1.54, 1.807) is 0 Å². The van der Waals surface area contributed by atoms with Crippen molar-refractivity contribution >= 4 is 11.9 Å². The molecule has 1 saturated heterocycles. The van der Waals surface area contributed by atoms with Crippen LogP contribution < -0.4 is 0 Å². The van der Waals surface area contributed by atoms with E-state index in [1.165, 1.54) is 0 Å². The number of carbonyl (C=O) groups is 2. The Hall–Kier alpha value is -1.16. The van der Waals surface area contributed by atoms with Crippen molar-refractivity contribution in [3.63, 3.8) is 0 Å². The fourth-order valence-electron chi connectivity index (χ4n) is 9.70. The fourth-order valence-corrected chi connectivity index (χ4v) is 9.70. The third-order valence-corrected chi connectivity index (χ3v) is 9.40. The van der Waals surface area contributed by atoms with Gasteiger partial charge in [-0.1, -0.05) is 0 Å². The molecule has 0 unspecified atom stereocenters. The maximum absolute atomic E-state index is 12.3. The second kappa shape index (κ2) is 2.72. The lowest BCUT2D eigenvalue weighted by Gasteiger charge is -2.59. The van der Waals surface area contributed by atoms with Gasteiger partial charge < -0.3 is 9.47 Å². The highest BCUT2D eigenvalue weighted by atomic mass is 16.6. The molecule has 6 fully saturated rings. The zero-order valence-electron chi connectivity index (χ0n) is 12.0. The molecule has 9 aliphatic rings. The topological polar surface area (TPSA) is 52.6 Å². The molecule has 2 heterocycles. The first-order chi connectivity index (χ1) is 10.8. The van der Waals surface area contributed by atoms with Crippen molar-refractivity contribution in [2.75, 3.05) is 13.2 Å². The molecule has 0 aromatic heterocycles. The van der Waals surface area contributed by atoms with Gasteiger partial charge in [-0.3, -0.25) is 0 Å². The fraction of sp³-hybridized carbons (Fsp3) is 0.778. The van der Waals surface area contributed by atoms with E-state index in [9.17, 15) is 9.59 Å². The number of carbonyl (C=O) groups excluding carboxylic acids is 2. The highest BCUT2D eigenvalue weighted by molar-refractivity contribution is 6.14. The quantitative estimate of drug-likeness (QED) is 0.492. The van der Waals surface area contributed by atoms with E-state index in [2.05, 4.69) is 0 Å². The zero-order valence-corrected chi connectivity index (χ0v) is 12.0. The van der Waals surface area contributed by atoms with E-state index in [1.807, 2.05) is 0 Å². The van der Waals surface area contributed by atoms with Crippen molar-refractivity contribution < 1.29 is 19.1 Å². The summed E-state index contributed by atoms with van der Waals surface area (Å²) in [5, 5.41) is 0. The number of hydrogen-bond donors (Lipinski definition) is 0. The number of rotatable bonds is 0. The highest BCUT2D eigenvalue weighted by Gasteiger charge is 2.87. The average molecular weight is 296 g/mol. The lowest BCUT2D eigenvalue weighted by atomic mass is 9.44. The van der Waals surface area contributed by atoms with Crippen LogP contribution in [0.4, 0.5) is 0 Å². The molecule has 0 aromatic carbocycles. The standard InChI is InChI=1S/C18H16O4/c19-17-15-13-9-5-3-1-21-2-4(3)6-8-7(5)11(13)12(8)14(10(6)9)16(15)18(20)22-17/h3-14H,1-2H2/t3-,4+,5+,6-,7+,8-,9-,10+,11-,12-,13+,14-/m1/s1. The molecule has 0 N–H and O–H groups in total. The summed E-state index contributed by atoms with van der Waals surface area (Å²) in [4.78, 5) is 24.6. The molecule has 0 aromatic rings. The Morgan fingerprint density at radius 1 is 0.636 bits per heavy atom. The molecule has 0 spiro atoms. The van der Waals surface area contributed by atoms with Gasteiger partial charge >= 0.3 is 11.9 Å². The number of esters is 2. The molecule has 22 heavy (non-hydrogen) atoms. The van der Waals surface area contributed by atoms with E-state index >= 15 is 0 Å². The van der Waals surface area contributed by atoms with Gasteiger partial charge in [-0.2, -0.15) is 0 Å². The van der Waals surface area contributed by atoms with Crippen molar-refractivity contribution in [1.82, 2.24) is 0 Å². The van der Waals surface area contributed by atoms with Crippen molar-refractivity contribution in [3.05, 3.63) is 11.1 Å². The minimum atomic E-state index is -0.294. The van der Waals surface area contributed by atoms with Gasteiger partial charge in [0.25, 0.3) is 0 Å². The minimum Gasteiger partial charge on any atom is -0.386 e. The zero-order chi connectivity index (χ0) is 14.1. The summed E-state index contributed by atoms with van der Waals surface area (Å²) in [5.74, 6) is 7.61.